The van der Waals surface area contributed by atoms with Gasteiger partial charge in [-0.05, 0) is 35.9 Å². The van der Waals surface area contributed by atoms with E-state index in [0.717, 1.165) is 0 Å². The van der Waals surface area contributed by atoms with Crippen LogP contribution in [0.15, 0.2) is 47.4 Å². The van der Waals surface area contributed by atoms with Gasteiger partial charge in [-0.15, -0.1) is 0 Å². The maximum Gasteiger partial charge on any atom is 0.260 e. The zero-order chi connectivity index (χ0) is 17.1. The summed E-state index contributed by atoms with van der Waals surface area (Å²) in [6, 6.07) is 11.1. The van der Waals surface area contributed by atoms with Crippen LogP contribution in [-0.2, 0) is 4.79 Å². The Morgan fingerprint density at radius 3 is 2.88 bits per heavy atom. The van der Waals surface area contributed by atoms with Crippen molar-refractivity contribution in [1.29, 1.82) is 0 Å². The molecule has 0 bridgehead atoms. The molecule has 0 aliphatic carbocycles. The Morgan fingerprint density at radius 2 is 2.12 bits per heavy atom. The number of carbonyl (C=O) groups is 1. The van der Waals surface area contributed by atoms with Crippen molar-refractivity contribution in [3.05, 3.63) is 58.8 Å². The number of thioether (sulfide) groups is 1. The fraction of sp³-hybridized carbons (Fsp3) is 0.118. The SMILES string of the molecule is COc1cc(/C=C2\SC(Nc3ccccc3F)NC2=O)ccc1O. The van der Waals surface area contributed by atoms with Crippen molar-refractivity contribution in [3.63, 3.8) is 0 Å². The van der Waals surface area contributed by atoms with E-state index in [1.165, 1.54) is 31.0 Å². The number of para-hydroxylation sites is 1. The van der Waals surface area contributed by atoms with E-state index in [2.05, 4.69) is 10.6 Å². The van der Waals surface area contributed by atoms with Crippen LogP contribution in [0.2, 0.25) is 0 Å². The number of amides is 1. The minimum atomic E-state index is -0.459. The topological polar surface area (TPSA) is 70.6 Å². The highest BCUT2D eigenvalue weighted by molar-refractivity contribution is 8.05. The number of hydrogen-bond donors (Lipinski definition) is 3. The number of phenolic OH excluding ortho intramolecular Hbond substituents is 1. The van der Waals surface area contributed by atoms with Gasteiger partial charge in [0.2, 0.25) is 0 Å². The first kappa shape index (κ1) is 16.2. The first-order valence-electron chi connectivity index (χ1n) is 7.14. The summed E-state index contributed by atoms with van der Waals surface area (Å²) in [7, 11) is 1.46. The minimum Gasteiger partial charge on any atom is -0.504 e. The zero-order valence-corrected chi connectivity index (χ0v) is 13.6. The molecule has 1 saturated heterocycles. The molecule has 5 nitrogen and oxygen atoms in total. The second kappa shape index (κ2) is 6.84. The third-order valence-electron chi connectivity index (χ3n) is 3.39. The molecule has 1 atom stereocenters. The van der Waals surface area contributed by atoms with Crippen molar-refractivity contribution in [3.8, 4) is 11.5 Å². The molecule has 1 heterocycles. The van der Waals surface area contributed by atoms with Crippen LogP contribution in [0.25, 0.3) is 6.08 Å². The molecular weight excluding hydrogens is 331 g/mol. The smallest absolute Gasteiger partial charge is 0.260 e. The van der Waals surface area contributed by atoms with E-state index in [4.69, 9.17) is 4.74 Å². The Labute approximate surface area is 142 Å². The van der Waals surface area contributed by atoms with Crippen molar-refractivity contribution in [1.82, 2.24) is 5.32 Å². The molecule has 0 spiro atoms. The molecule has 0 saturated carbocycles. The summed E-state index contributed by atoms with van der Waals surface area (Å²) in [5.74, 6) is -0.273. The average molecular weight is 346 g/mol. The van der Waals surface area contributed by atoms with Gasteiger partial charge in [0, 0.05) is 0 Å². The lowest BCUT2D eigenvalue weighted by Gasteiger charge is -2.12. The van der Waals surface area contributed by atoms with Crippen molar-refractivity contribution < 1.29 is 19.0 Å². The fourth-order valence-electron chi connectivity index (χ4n) is 2.22. The van der Waals surface area contributed by atoms with Gasteiger partial charge in [-0.3, -0.25) is 4.79 Å². The fourth-order valence-corrected chi connectivity index (χ4v) is 3.20. The molecule has 3 N–H and O–H groups in total. The molecule has 0 aromatic heterocycles. The summed E-state index contributed by atoms with van der Waals surface area (Å²) in [5, 5.41) is 15.3. The lowest BCUT2D eigenvalue weighted by molar-refractivity contribution is -0.116. The van der Waals surface area contributed by atoms with Crippen LogP contribution < -0.4 is 15.4 Å². The van der Waals surface area contributed by atoms with E-state index >= 15 is 0 Å². The lowest BCUT2D eigenvalue weighted by atomic mass is 10.2. The number of anilines is 1. The van der Waals surface area contributed by atoms with Gasteiger partial charge in [-0.2, -0.15) is 0 Å². The van der Waals surface area contributed by atoms with E-state index in [9.17, 15) is 14.3 Å². The van der Waals surface area contributed by atoms with Gasteiger partial charge in [-0.1, -0.05) is 30.0 Å². The summed E-state index contributed by atoms with van der Waals surface area (Å²) >= 11 is 1.25. The maximum atomic E-state index is 13.7. The second-order valence-corrected chi connectivity index (χ2v) is 6.18. The number of aromatic hydroxyl groups is 1. The number of nitrogens with one attached hydrogen (secondary N) is 2. The number of carbonyl (C=O) groups excluding carboxylic acids is 1. The number of phenols is 1. The van der Waals surface area contributed by atoms with E-state index < -0.39 is 5.50 Å². The van der Waals surface area contributed by atoms with E-state index in [0.29, 0.717) is 21.9 Å². The highest BCUT2D eigenvalue weighted by Crippen LogP contribution is 2.33. The van der Waals surface area contributed by atoms with Crippen molar-refractivity contribution >= 4 is 29.4 Å². The van der Waals surface area contributed by atoms with Crippen LogP contribution in [-0.4, -0.2) is 23.6 Å². The summed E-state index contributed by atoms with van der Waals surface area (Å²) in [6.45, 7) is 0. The molecule has 1 unspecified atom stereocenters. The Bertz CT molecular complexity index is 810. The summed E-state index contributed by atoms with van der Waals surface area (Å²) in [6.07, 6.45) is 1.69. The van der Waals surface area contributed by atoms with Crippen molar-refractivity contribution in [2.45, 2.75) is 5.50 Å². The van der Waals surface area contributed by atoms with E-state index in [1.807, 2.05) is 0 Å². The summed E-state index contributed by atoms with van der Waals surface area (Å²) < 4.78 is 18.7. The van der Waals surface area contributed by atoms with Crippen molar-refractivity contribution in [2.24, 2.45) is 0 Å². The number of ether oxygens (including phenoxy) is 1. The molecule has 1 aliphatic rings. The molecule has 1 amide bonds. The number of hydrogen-bond acceptors (Lipinski definition) is 5. The largest absolute Gasteiger partial charge is 0.504 e. The van der Waals surface area contributed by atoms with Crippen LogP contribution in [0.5, 0.6) is 11.5 Å². The lowest BCUT2D eigenvalue weighted by Crippen LogP contribution is -2.31. The quantitative estimate of drug-likeness (QED) is 0.742. The molecule has 2 aromatic carbocycles. The maximum absolute atomic E-state index is 13.7. The van der Waals surface area contributed by atoms with Crippen molar-refractivity contribution in [2.75, 3.05) is 12.4 Å². The van der Waals surface area contributed by atoms with E-state index in [1.54, 1.807) is 36.4 Å². The van der Waals surface area contributed by atoms with Crippen LogP contribution in [0.1, 0.15) is 5.56 Å². The predicted octanol–water partition coefficient (Wildman–Crippen LogP) is 3.14. The Kier molecular flexibility index (Phi) is 4.61. The highest BCUT2D eigenvalue weighted by atomic mass is 32.2. The van der Waals surface area contributed by atoms with Crippen LogP contribution in [0.4, 0.5) is 10.1 Å². The van der Waals surface area contributed by atoms with Gasteiger partial charge < -0.3 is 20.5 Å². The predicted molar refractivity (Wildman–Crippen MR) is 92.2 cm³/mol. The standard InChI is InChI=1S/C17H15FN2O3S/c1-23-14-8-10(6-7-13(14)21)9-15-16(22)20-17(24-15)19-12-5-3-2-4-11(12)18/h2-9,17,19,21H,1H3,(H,20,22)/b15-9-. The normalized spacial score (nSPS) is 18.5. The number of halogens is 1. The molecule has 2 aromatic rings. The van der Waals surface area contributed by atoms with Gasteiger partial charge in [-0.25, -0.2) is 4.39 Å². The molecule has 24 heavy (non-hydrogen) atoms. The number of rotatable bonds is 4. The Hall–Kier alpha value is -2.67. The molecule has 3 rings (SSSR count). The van der Waals surface area contributed by atoms with Crippen LogP contribution in [0, 0.1) is 5.82 Å². The van der Waals surface area contributed by atoms with Gasteiger partial charge in [0.1, 0.15) is 5.82 Å². The molecule has 124 valence electrons. The van der Waals surface area contributed by atoms with E-state index in [-0.39, 0.29) is 17.5 Å². The number of methoxy groups -OCH3 is 1. The first-order chi connectivity index (χ1) is 11.6. The van der Waals surface area contributed by atoms with Crippen LogP contribution in [0.3, 0.4) is 0 Å². The third kappa shape index (κ3) is 3.46. The number of benzene rings is 2. The first-order valence-corrected chi connectivity index (χ1v) is 8.02. The van der Waals surface area contributed by atoms with Gasteiger partial charge >= 0.3 is 0 Å². The zero-order valence-electron chi connectivity index (χ0n) is 12.7. The molecule has 7 heteroatoms. The van der Waals surface area contributed by atoms with Crippen LogP contribution >= 0.6 is 11.8 Å². The average Bonchev–Trinajstić information content (AvgIpc) is 2.91. The Balaban J connectivity index is 1.76. The molecule has 0 radical (unpaired) electrons. The molecule has 1 fully saturated rings. The summed E-state index contributed by atoms with van der Waals surface area (Å²) in [5.41, 5.74) is 0.580. The summed E-state index contributed by atoms with van der Waals surface area (Å²) in [4.78, 5) is 12.6. The highest BCUT2D eigenvalue weighted by Gasteiger charge is 2.27. The molecular formula is C17H15FN2O3S. The van der Waals surface area contributed by atoms with Gasteiger partial charge in [0.05, 0.1) is 17.7 Å². The van der Waals surface area contributed by atoms with Gasteiger partial charge in [0.15, 0.2) is 17.0 Å². The molecule has 1 aliphatic heterocycles. The van der Waals surface area contributed by atoms with Gasteiger partial charge in [0.25, 0.3) is 5.91 Å². The minimum absolute atomic E-state index is 0.0299. The third-order valence-corrected chi connectivity index (χ3v) is 4.42. The Morgan fingerprint density at radius 1 is 1.33 bits per heavy atom. The monoisotopic (exact) mass is 346 g/mol. The second-order valence-electron chi connectivity index (χ2n) is 5.04.